The Morgan fingerprint density at radius 1 is 1.16 bits per heavy atom. The van der Waals surface area contributed by atoms with Crippen molar-refractivity contribution in [2.45, 2.75) is 32.1 Å². The maximum absolute atomic E-state index is 4.60. The second kappa shape index (κ2) is 5.30. The van der Waals surface area contributed by atoms with Gasteiger partial charge in [0.05, 0.1) is 0 Å². The predicted octanol–water partition coefficient (Wildman–Crippen LogP) is 2.63. The molecule has 2 heterocycles. The monoisotopic (exact) mass is 255 g/mol. The molecule has 98 valence electrons. The fourth-order valence-corrected chi connectivity index (χ4v) is 1.91. The van der Waals surface area contributed by atoms with Gasteiger partial charge in [0.15, 0.2) is 11.6 Å². The van der Waals surface area contributed by atoms with Crippen LogP contribution in [0.1, 0.15) is 37.8 Å². The summed E-state index contributed by atoms with van der Waals surface area (Å²) >= 11 is 0. The molecule has 0 spiro atoms. The molecule has 0 aliphatic heterocycles. The second-order valence-electron chi connectivity index (χ2n) is 4.78. The first-order chi connectivity index (χ1) is 9.36. The molecule has 5 nitrogen and oxygen atoms in total. The molecule has 0 unspecified atom stereocenters. The van der Waals surface area contributed by atoms with E-state index >= 15 is 0 Å². The van der Waals surface area contributed by atoms with Crippen LogP contribution < -0.4 is 5.32 Å². The van der Waals surface area contributed by atoms with Gasteiger partial charge in [-0.15, -0.1) is 0 Å². The first kappa shape index (κ1) is 12.0. The summed E-state index contributed by atoms with van der Waals surface area (Å²) in [7, 11) is 0. The number of aromatic nitrogens is 4. The third-order valence-corrected chi connectivity index (χ3v) is 3.06. The van der Waals surface area contributed by atoms with Crippen LogP contribution in [0.3, 0.4) is 0 Å². The van der Waals surface area contributed by atoms with E-state index in [1.807, 2.05) is 0 Å². The van der Waals surface area contributed by atoms with Gasteiger partial charge in [-0.25, -0.2) is 19.9 Å². The smallest absolute Gasteiger partial charge is 0.199 e. The van der Waals surface area contributed by atoms with E-state index in [2.05, 4.69) is 38.2 Å². The summed E-state index contributed by atoms with van der Waals surface area (Å²) in [4.78, 5) is 17.6. The van der Waals surface area contributed by atoms with Crippen LogP contribution in [0.2, 0.25) is 0 Å². The molecule has 1 N–H and O–H groups in total. The molecule has 19 heavy (non-hydrogen) atoms. The zero-order valence-electron chi connectivity index (χ0n) is 11.0. The van der Waals surface area contributed by atoms with E-state index in [4.69, 9.17) is 0 Å². The first-order valence-corrected chi connectivity index (χ1v) is 6.77. The van der Waals surface area contributed by atoms with Gasteiger partial charge < -0.3 is 5.32 Å². The van der Waals surface area contributed by atoms with E-state index < -0.39 is 0 Å². The minimum Gasteiger partial charge on any atom is -0.370 e. The minimum atomic E-state index is 0.588. The second-order valence-corrected chi connectivity index (χ2v) is 4.78. The number of hydrogen-bond donors (Lipinski definition) is 1. The highest BCUT2D eigenvalue weighted by molar-refractivity contribution is 5.49. The van der Waals surface area contributed by atoms with Gasteiger partial charge in [-0.1, -0.05) is 6.92 Å². The quantitative estimate of drug-likeness (QED) is 0.889. The van der Waals surface area contributed by atoms with Crippen LogP contribution in [0.4, 0.5) is 5.82 Å². The van der Waals surface area contributed by atoms with Crippen molar-refractivity contribution in [2.24, 2.45) is 0 Å². The zero-order valence-corrected chi connectivity index (χ0v) is 11.0. The third-order valence-electron chi connectivity index (χ3n) is 3.06. The topological polar surface area (TPSA) is 63.6 Å². The van der Waals surface area contributed by atoms with E-state index in [1.54, 1.807) is 18.5 Å². The lowest BCUT2D eigenvalue weighted by atomic mass is 10.2. The Bertz CT molecular complexity index is 551. The van der Waals surface area contributed by atoms with Crippen LogP contribution in [-0.2, 0) is 0 Å². The van der Waals surface area contributed by atoms with Gasteiger partial charge >= 0.3 is 0 Å². The van der Waals surface area contributed by atoms with Gasteiger partial charge in [-0.05, 0) is 25.3 Å². The summed E-state index contributed by atoms with van der Waals surface area (Å²) in [5.41, 5.74) is 1.11. The fourth-order valence-electron chi connectivity index (χ4n) is 1.91. The van der Waals surface area contributed by atoms with Crippen LogP contribution in [0.5, 0.6) is 0 Å². The summed E-state index contributed by atoms with van der Waals surface area (Å²) in [5, 5.41) is 3.32. The molecular weight excluding hydrogens is 238 g/mol. The Labute approximate surface area is 112 Å². The molecule has 1 saturated carbocycles. The number of nitrogens with one attached hydrogen (secondary N) is 1. The Morgan fingerprint density at radius 3 is 2.63 bits per heavy atom. The molecule has 0 aromatic carbocycles. The van der Waals surface area contributed by atoms with E-state index in [0.29, 0.717) is 17.6 Å². The molecule has 0 amide bonds. The maximum atomic E-state index is 4.60. The Balaban J connectivity index is 1.96. The van der Waals surface area contributed by atoms with E-state index in [0.717, 1.165) is 24.5 Å². The average molecular weight is 255 g/mol. The van der Waals surface area contributed by atoms with Gasteiger partial charge in [0.1, 0.15) is 5.82 Å². The molecular formula is C14H17N5. The molecule has 0 atom stereocenters. The largest absolute Gasteiger partial charge is 0.370 e. The first-order valence-electron chi connectivity index (χ1n) is 6.77. The Morgan fingerprint density at radius 2 is 1.95 bits per heavy atom. The van der Waals surface area contributed by atoms with Crippen molar-refractivity contribution in [3.63, 3.8) is 0 Å². The SMILES string of the molecule is CCCNc1cc(C2CC2)nc(-c2ncccn2)n1. The molecule has 2 aromatic rings. The molecule has 0 radical (unpaired) electrons. The molecule has 3 rings (SSSR count). The van der Waals surface area contributed by atoms with Crippen molar-refractivity contribution in [1.82, 2.24) is 19.9 Å². The van der Waals surface area contributed by atoms with Gasteiger partial charge in [0, 0.05) is 36.6 Å². The molecule has 1 fully saturated rings. The van der Waals surface area contributed by atoms with E-state index in [1.165, 1.54) is 12.8 Å². The lowest BCUT2D eigenvalue weighted by Crippen LogP contribution is -2.06. The van der Waals surface area contributed by atoms with Crippen molar-refractivity contribution in [1.29, 1.82) is 0 Å². The predicted molar refractivity (Wildman–Crippen MR) is 73.8 cm³/mol. The van der Waals surface area contributed by atoms with Gasteiger partial charge in [-0.2, -0.15) is 0 Å². The van der Waals surface area contributed by atoms with Crippen molar-refractivity contribution in [2.75, 3.05) is 11.9 Å². The standard InChI is InChI=1S/C14H17N5/c1-2-6-15-12-9-11(10-4-5-10)18-14(19-12)13-16-7-3-8-17-13/h3,7-10H,2,4-6H2,1H3,(H,15,18,19). The maximum Gasteiger partial charge on any atom is 0.199 e. The summed E-state index contributed by atoms with van der Waals surface area (Å²) in [5.74, 6) is 2.67. The summed E-state index contributed by atoms with van der Waals surface area (Å²) in [6.45, 7) is 3.05. The van der Waals surface area contributed by atoms with Gasteiger partial charge in [0.2, 0.25) is 0 Å². The van der Waals surface area contributed by atoms with Crippen molar-refractivity contribution >= 4 is 5.82 Å². The Hall–Kier alpha value is -2.04. The fraction of sp³-hybridized carbons (Fsp3) is 0.429. The summed E-state index contributed by atoms with van der Waals surface area (Å²) < 4.78 is 0. The van der Waals surface area contributed by atoms with Crippen molar-refractivity contribution in [3.8, 4) is 11.6 Å². The van der Waals surface area contributed by atoms with Crippen molar-refractivity contribution < 1.29 is 0 Å². The number of nitrogens with zero attached hydrogens (tertiary/aromatic N) is 4. The Kier molecular flexibility index (Phi) is 3.35. The molecule has 5 heteroatoms. The minimum absolute atomic E-state index is 0.588. The summed E-state index contributed by atoms with van der Waals surface area (Å²) in [6, 6.07) is 3.85. The number of rotatable bonds is 5. The van der Waals surface area contributed by atoms with Gasteiger partial charge in [0.25, 0.3) is 0 Å². The normalized spacial score (nSPS) is 14.4. The van der Waals surface area contributed by atoms with E-state index in [9.17, 15) is 0 Å². The van der Waals surface area contributed by atoms with Crippen LogP contribution in [0, 0.1) is 0 Å². The van der Waals surface area contributed by atoms with Crippen molar-refractivity contribution in [3.05, 3.63) is 30.2 Å². The average Bonchev–Trinajstić information content (AvgIpc) is 3.30. The highest BCUT2D eigenvalue weighted by Crippen LogP contribution is 2.39. The molecule has 2 aromatic heterocycles. The lowest BCUT2D eigenvalue weighted by molar-refractivity contribution is 0.940. The zero-order chi connectivity index (χ0) is 13.1. The van der Waals surface area contributed by atoms with Crippen LogP contribution in [0.25, 0.3) is 11.6 Å². The molecule has 1 aliphatic carbocycles. The van der Waals surface area contributed by atoms with Crippen LogP contribution in [0.15, 0.2) is 24.5 Å². The highest BCUT2D eigenvalue weighted by atomic mass is 15.1. The van der Waals surface area contributed by atoms with Gasteiger partial charge in [-0.3, -0.25) is 0 Å². The number of anilines is 1. The van der Waals surface area contributed by atoms with E-state index in [-0.39, 0.29) is 0 Å². The molecule has 0 bridgehead atoms. The number of hydrogen-bond acceptors (Lipinski definition) is 5. The van der Waals surface area contributed by atoms with Crippen LogP contribution in [-0.4, -0.2) is 26.5 Å². The summed E-state index contributed by atoms with van der Waals surface area (Å²) in [6.07, 6.45) is 6.95. The van der Waals surface area contributed by atoms with Crippen LogP contribution >= 0.6 is 0 Å². The highest BCUT2D eigenvalue weighted by Gasteiger charge is 2.26. The molecule has 0 saturated heterocycles. The lowest BCUT2D eigenvalue weighted by Gasteiger charge is -2.08. The molecule has 1 aliphatic rings. The third kappa shape index (κ3) is 2.86.